The van der Waals surface area contributed by atoms with Crippen molar-refractivity contribution in [3.8, 4) is 0 Å². The van der Waals surface area contributed by atoms with Crippen LogP contribution >= 0.6 is 11.3 Å². The third kappa shape index (κ3) is 2.97. The van der Waals surface area contributed by atoms with E-state index in [9.17, 15) is 8.42 Å². The minimum atomic E-state index is -3.49. The molecule has 4 rings (SSSR count). The van der Waals surface area contributed by atoms with Crippen molar-refractivity contribution < 1.29 is 8.42 Å². The third-order valence-corrected chi connectivity index (χ3v) is 7.24. The number of primary sulfonamides is 1. The zero-order chi connectivity index (χ0) is 16.0. The number of rotatable bonds is 3. The van der Waals surface area contributed by atoms with Crippen LogP contribution in [0, 0.1) is 0 Å². The number of hydrogen-bond donors (Lipinski definition) is 1. The van der Waals surface area contributed by atoms with E-state index in [4.69, 9.17) is 10.1 Å². The highest BCUT2D eigenvalue weighted by molar-refractivity contribution is 7.89. The van der Waals surface area contributed by atoms with Crippen LogP contribution in [0.15, 0.2) is 6.20 Å². The average molecular weight is 355 g/mol. The van der Waals surface area contributed by atoms with Crippen LogP contribution < -0.4 is 10.0 Å². The summed E-state index contributed by atoms with van der Waals surface area (Å²) in [6.07, 6.45) is 8.50. The molecule has 0 bridgehead atoms. The van der Waals surface area contributed by atoms with E-state index >= 15 is 0 Å². The summed E-state index contributed by atoms with van der Waals surface area (Å²) in [6.45, 7) is 1.24. The average Bonchev–Trinajstić information content (AvgIpc) is 3.21. The number of imidazole rings is 1. The lowest BCUT2D eigenvalue weighted by Crippen LogP contribution is -2.44. The maximum Gasteiger partial charge on any atom is 0.214 e. The maximum absolute atomic E-state index is 11.6. The Kier molecular flexibility index (Phi) is 3.81. The number of anilines is 1. The Morgan fingerprint density at radius 1 is 1.22 bits per heavy atom. The van der Waals surface area contributed by atoms with Crippen molar-refractivity contribution in [2.24, 2.45) is 5.14 Å². The summed E-state index contributed by atoms with van der Waals surface area (Å²) in [7, 11) is -3.49. The van der Waals surface area contributed by atoms with E-state index in [1.807, 2.05) is 15.6 Å². The molecule has 0 amide bonds. The van der Waals surface area contributed by atoms with E-state index in [1.54, 1.807) is 0 Å². The smallest absolute Gasteiger partial charge is 0.214 e. The quantitative estimate of drug-likeness (QED) is 0.904. The molecule has 0 spiro atoms. The Labute approximate surface area is 139 Å². The second-order valence-corrected chi connectivity index (χ2v) is 9.34. The van der Waals surface area contributed by atoms with Gasteiger partial charge in [0.15, 0.2) is 0 Å². The Morgan fingerprint density at radius 2 is 2.00 bits per heavy atom. The van der Waals surface area contributed by atoms with Crippen LogP contribution in [0.1, 0.15) is 50.1 Å². The zero-order valence-electron chi connectivity index (χ0n) is 12.9. The van der Waals surface area contributed by atoms with Gasteiger partial charge in [0, 0.05) is 19.0 Å². The molecule has 2 aromatic heterocycles. The zero-order valence-corrected chi connectivity index (χ0v) is 14.5. The summed E-state index contributed by atoms with van der Waals surface area (Å²) >= 11 is 1.53. The molecule has 1 atom stereocenters. The van der Waals surface area contributed by atoms with E-state index in [2.05, 4.69) is 5.10 Å². The van der Waals surface area contributed by atoms with Gasteiger partial charge in [-0.25, -0.2) is 23.1 Å². The summed E-state index contributed by atoms with van der Waals surface area (Å²) in [6, 6.07) is 0. The molecule has 126 valence electrons. The molecule has 7 nitrogen and oxygen atoms in total. The van der Waals surface area contributed by atoms with Crippen molar-refractivity contribution in [1.29, 1.82) is 0 Å². The highest BCUT2D eigenvalue weighted by Gasteiger charge is 2.30. The summed E-state index contributed by atoms with van der Waals surface area (Å²) in [5, 5.41) is 10.2. The molecular formula is C14H21N5O2S2. The third-order valence-electron chi connectivity index (χ3n) is 4.94. The topological polar surface area (TPSA) is 93.6 Å². The van der Waals surface area contributed by atoms with Gasteiger partial charge in [0.1, 0.15) is 0 Å². The summed E-state index contributed by atoms with van der Waals surface area (Å²) < 4.78 is 25.0. The van der Waals surface area contributed by atoms with E-state index < -0.39 is 15.3 Å². The van der Waals surface area contributed by atoms with Gasteiger partial charge in [-0.2, -0.15) is 0 Å². The molecule has 2 aromatic rings. The Morgan fingerprint density at radius 3 is 2.70 bits per heavy atom. The number of aromatic nitrogens is 3. The van der Waals surface area contributed by atoms with E-state index in [0.717, 1.165) is 28.8 Å². The van der Waals surface area contributed by atoms with E-state index in [1.165, 1.54) is 37.0 Å². The molecule has 2 fully saturated rings. The van der Waals surface area contributed by atoms with Crippen molar-refractivity contribution in [2.45, 2.75) is 49.7 Å². The first kappa shape index (κ1) is 15.3. The summed E-state index contributed by atoms with van der Waals surface area (Å²) in [5.41, 5.74) is 1.15. The molecule has 3 heterocycles. The molecule has 2 N–H and O–H groups in total. The van der Waals surface area contributed by atoms with Crippen molar-refractivity contribution in [2.75, 3.05) is 18.0 Å². The maximum atomic E-state index is 11.6. The molecule has 0 aromatic carbocycles. The number of piperidine rings is 1. The Bertz CT molecular complexity index is 775. The fourth-order valence-corrected chi connectivity index (χ4v) is 5.44. The predicted molar refractivity (Wildman–Crippen MR) is 90.4 cm³/mol. The minimum Gasteiger partial charge on any atom is -0.345 e. The van der Waals surface area contributed by atoms with Crippen molar-refractivity contribution in [1.82, 2.24) is 14.6 Å². The number of fused-ring (bicyclic) bond motifs is 1. The molecule has 23 heavy (non-hydrogen) atoms. The summed E-state index contributed by atoms with van der Waals surface area (Å²) in [5.74, 6) is 0.578. The molecule has 9 heteroatoms. The van der Waals surface area contributed by atoms with Crippen molar-refractivity contribution in [3.63, 3.8) is 0 Å². The molecule has 0 radical (unpaired) electrons. The van der Waals surface area contributed by atoms with Crippen LogP contribution in [0.25, 0.3) is 4.96 Å². The fourth-order valence-electron chi connectivity index (χ4n) is 3.63. The first-order valence-electron chi connectivity index (χ1n) is 8.13. The van der Waals surface area contributed by atoms with Crippen LogP contribution in [0.3, 0.4) is 0 Å². The monoisotopic (exact) mass is 355 g/mol. The predicted octanol–water partition coefficient (Wildman–Crippen LogP) is 1.71. The Balaban J connectivity index is 1.56. The van der Waals surface area contributed by atoms with Gasteiger partial charge in [-0.15, -0.1) is 5.10 Å². The summed E-state index contributed by atoms with van der Waals surface area (Å²) in [4.78, 5) is 7.64. The lowest BCUT2D eigenvalue weighted by Gasteiger charge is -2.30. The van der Waals surface area contributed by atoms with Gasteiger partial charge < -0.3 is 4.90 Å². The minimum absolute atomic E-state index is 0.422. The van der Waals surface area contributed by atoms with Crippen LogP contribution in [-0.4, -0.2) is 41.4 Å². The number of nitrogens with two attached hydrogens (primary N) is 1. The number of sulfonamides is 1. The normalized spacial score (nSPS) is 23.9. The van der Waals surface area contributed by atoms with Crippen LogP contribution in [-0.2, 0) is 10.0 Å². The molecular weight excluding hydrogens is 334 g/mol. The van der Waals surface area contributed by atoms with Gasteiger partial charge in [0.2, 0.25) is 20.1 Å². The van der Waals surface area contributed by atoms with E-state index in [0.29, 0.717) is 18.9 Å². The van der Waals surface area contributed by atoms with Gasteiger partial charge in [-0.05, 0) is 25.7 Å². The van der Waals surface area contributed by atoms with E-state index in [-0.39, 0.29) is 0 Å². The highest BCUT2D eigenvalue weighted by atomic mass is 32.2. The van der Waals surface area contributed by atoms with Gasteiger partial charge in [0.25, 0.3) is 0 Å². The van der Waals surface area contributed by atoms with Crippen LogP contribution in [0.4, 0.5) is 5.13 Å². The number of nitrogens with zero attached hydrogens (tertiary/aromatic N) is 4. The molecule has 0 unspecified atom stereocenters. The lowest BCUT2D eigenvalue weighted by atomic mass is 10.1. The molecule has 1 saturated heterocycles. The molecule has 1 saturated carbocycles. The first-order chi connectivity index (χ1) is 11.0. The second kappa shape index (κ2) is 5.71. The molecule has 2 aliphatic rings. The molecule has 1 aliphatic heterocycles. The Hall–Kier alpha value is -1.19. The van der Waals surface area contributed by atoms with Crippen LogP contribution in [0.2, 0.25) is 0 Å². The van der Waals surface area contributed by atoms with Gasteiger partial charge >= 0.3 is 0 Å². The van der Waals surface area contributed by atoms with Crippen molar-refractivity contribution in [3.05, 3.63) is 11.9 Å². The number of hydrogen-bond acceptors (Lipinski definition) is 6. The molecule has 1 aliphatic carbocycles. The van der Waals surface area contributed by atoms with Gasteiger partial charge in [0.05, 0.1) is 17.1 Å². The standard InChI is InChI=1S/C14H21N5O2S2/c15-23(20,21)11-6-3-7-18(8-11)14-17-19-9-12(16-13(19)22-14)10-4-1-2-5-10/h9-11H,1-8H2,(H2,15,20,21)/t11-/m0/s1. The highest BCUT2D eigenvalue weighted by Crippen LogP contribution is 2.35. The fraction of sp³-hybridized carbons (Fsp3) is 0.714. The lowest BCUT2D eigenvalue weighted by molar-refractivity contribution is 0.531. The van der Waals surface area contributed by atoms with Crippen LogP contribution in [0.5, 0.6) is 0 Å². The first-order valence-corrected chi connectivity index (χ1v) is 10.6. The largest absolute Gasteiger partial charge is 0.345 e. The SMILES string of the molecule is NS(=O)(=O)[C@H]1CCCN(c2nn3cc(C4CCCC4)nc3s2)C1. The van der Waals surface area contributed by atoms with Gasteiger partial charge in [-0.1, -0.05) is 24.2 Å². The van der Waals surface area contributed by atoms with Gasteiger partial charge in [-0.3, -0.25) is 0 Å². The van der Waals surface area contributed by atoms with Crippen molar-refractivity contribution >= 4 is 31.5 Å². The second-order valence-electron chi connectivity index (χ2n) is 6.56.